The fourth-order valence-electron chi connectivity index (χ4n) is 2.61. The Morgan fingerprint density at radius 1 is 1.18 bits per heavy atom. The number of nitrogen functional groups attached to an aromatic ring is 1. The molecule has 0 spiro atoms. The van der Waals surface area contributed by atoms with E-state index in [4.69, 9.17) is 10.2 Å². The summed E-state index contributed by atoms with van der Waals surface area (Å²) in [7, 11) is 0. The fraction of sp³-hybridized carbons (Fsp3) is 0. The molecule has 0 radical (unpaired) electrons. The average molecular weight is 293 g/mol. The Morgan fingerprint density at radius 2 is 2.05 bits per heavy atom. The Labute approximate surface area is 123 Å². The monoisotopic (exact) mass is 293 g/mol. The van der Waals surface area contributed by atoms with E-state index in [0.717, 1.165) is 9.95 Å². The number of rotatable bonds is 1. The quantitative estimate of drug-likeness (QED) is 0.527. The second-order valence-corrected chi connectivity index (χ2v) is 4.98. The number of hydrogen-bond donors (Lipinski definition) is 2. The highest BCUT2D eigenvalue weighted by Gasteiger charge is 2.20. The summed E-state index contributed by atoms with van der Waals surface area (Å²) in [6, 6.07) is 11.9. The van der Waals surface area contributed by atoms with Crippen LogP contribution in [0.3, 0.4) is 0 Å². The van der Waals surface area contributed by atoms with E-state index < -0.39 is 11.7 Å². The number of benzene rings is 2. The average Bonchev–Trinajstić information content (AvgIpc) is 3.09. The predicted octanol–water partition coefficient (Wildman–Crippen LogP) is 2.35. The highest BCUT2D eigenvalue weighted by atomic mass is 16.4. The van der Waals surface area contributed by atoms with Crippen LogP contribution in [0.15, 0.2) is 57.9 Å². The Bertz CT molecular complexity index is 1080. The highest BCUT2D eigenvalue weighted by molar-refractivity contribution is 6.09. The van der Waals surface area contributed by atoms with Gasteiger partial charge in [0.25, 0.3) is 5.91 Å². The summed E-state index contributed by atoms with van der Waals surface area (Å²) in [6.07, 6.45) is 1.75. The van der Waals surface area contributed by atoms with E-state index in [1.165, 1.54) is 0 Å². The third kappa shape index (κ3) is 1.67. The van der Waals surface area contributed by atoms with Gasteiger partial charge in [0.15, 0.2) is 5.58 Å². The first-order valence-corrected chi connectivity index (χ1v) is 6.67. The summed E-state index contributed by atoms with van der Waals surface area (Å²) in [5, 5.41) is 0.895. The minimum Gasteiger partial charge on any atom is -0.407 e. The number of hydrogen-bond acceptors (Lipinski definition) is 4. The van der Waals surface area contributed by atoms with Gasteiger partial charge in [0, 0.05) is 17.3 Å². The first-order chi connectivity index (χ1) is 10.6. The number of nitrogens with one attached hydrogen (secondary N) is 1. The van der Waals surface area contributed by atoms with Gasteiger partial charge in [0.2, 0.25) is 0 Å². The van der Waals surface area contributed by atoms with Crippen molar-refractivity contribution in [2.75, 3.05) is 5.73 Å². The highest BCUT2D eigenvalue weighted by Crippen LogP contribution is 2.21. The first-order valence-electron chi connectivity index (χ1n) is 6.67. The number of carbonyl (C=O) groups excluding carboxylic acids is 1. The van der Waals surface area contributed by atoms with Crippen LogP contribution in [0.25, 0.3) is 22.0 Å². The lowest BCUT2D eigenvalue weighted by Crippen LogP contribution is -2.23. The minimum absolute atomic E-state index is 0.325. The zero-order chi connectivity index (χ0) is 15.3. The number of H-pyrrole nitrogens is 1. The van der Waals surface area contributed by atoms with E-state index in [1.54, 1.807) is 36.5 Å². The molecule has 3 N–H and O–H groups in total. The molecule has 0 aliphatic carbocycles. The molecule has 6 heteroatoms. The van der Waals surface area contributed by atoms with E-state index in [1.807, 2.05) is 12.1 Å². The number of nitrogens with two attached hydrogens (primary N) is 1. The molecule has 0 aliphatic rings. The normalized spacial score (nSPS) is 11.3. The van der Waals surface area contributed by atoms with Crippen molar-refractivity contribution in [1.82, 2.24) is 9.55 Å². The van der Waals surface area contributed by atoms with E-state index in [9.17, 15) is 9.59 Å². The zero-order valence-electron chi connectivity index (χ0n) is 11.4. The molecule has 4 rings (SSSR count). The first kappa shape index (κ1) is 12.5. The van der Waals surface area contributed by atoms with Gasteiger partial charge in [-0.3, -0.25) is 4.79 Å². The van der Waals surface area contributed by atoms with Crippen molar-refractivity contribution in [3.63, 3.8) is 0 Å². The standard InChI is InChI=1S/C16H11N3O3/c17-10-4-5-13-12(8-10)19(16(21)22-13)15(20)11-3-1-2-9-6-7-18-14(9)11/h1-8,18H,17H2. The van der Waals surface area contributed by atoms with Gasteiger partial charge in [-0.15, -0.1) is 0 Å². The number of anilines is 1. The van der Waals surface area contributed by atoms with E-state index in [0.29, 0.717) is 27.9 Å². The van der Waals surface area contributed by atoms with Gasteiger partial charge >= 0.3 is 5.76 Å². The molecule has 2 aromatic carbocycles. The molecule has 2 aromatic heterocycles. The van der Waals surface area contributed by atoms with Crippen LogP contribution in [0.5, 0.6) is 0 Å². The van der Waals surface area contributed by atoms with Gasteiger partial charge in [-0.25, -0.2) is 9.36 Å². The summed E-state index contributed by atoms with van der Waals surface area (Å²) in [6.45, 7) is 0. The van der Waals surface area contributed by atoms with Crippen molar-refractivity contribution in [2.45, 2.75) is 0 Å². The zero-order valence-corrected chi connectivity index (χ0v) is 11.4. The van der Waals surface area contributed by atoms with Gasteiger partial charge in [-0.1, -0.05) is 12.1 Å². The molecule has 22 heavy (non-hydrogen) atoms. The van der Waals surface area contributed by atoms with Crippen LogP contribution >= 0.6 is 0 Å². The lowest BCUT2D eigenvalue weighted by atomic mass is 10.1. The molecule has 6 nitrogen and oxygen atoms in total. The molecule has 0 amide bonds. The number of aromatic nitrogens is 2. The van der Waals surface area contributed by atoms with Crippen molar-refractivity contribution in [3.8, 4) is 0 Å². The van der Waals surface area contributed by atoms with Crippen molar-refractivity contribution >= 4 is 33.6 Å². The third-order valence-electron chi connectivity index (χ3n) is 3.62. The number of para-hydroxylation sites is 1. The van der Waals surface area contributed by atoms with Crippen molar-refractivity contribution in [3.05, 3.63) is 64.8 Å². The maximum absolute atomic E-state index is 12.8. The summed E-state index contributed by atoms with van der Waals surface area (Å²) in [5.74, 6) is -1.18. The van der Waals surface area contributed by atoms with Crippen LogP contribution < -0.4 is 11.5 Å². The summed E-state index contributed by atoms with van der Waals surface area (Å²) in [5.41, 5.74) is 7.95. The Kier molecular flexibility index (Phi) is 2.47. The molecule has 0 fully saturated rings. The predicted molar refractivity (Wildman–Crippen MR) is 82.9 cm³/mol. The molecule has 0 atom stereocenters. The molecule has 2 heterocycles. The fourth-order valence-corrected chi connectivity index (χ4v) is 2.61. The van der Waals surface area contributed by atoms with Gasteiger partial charge in [0.05, 0.1) is 11.1 Å². The largest absolute Gasteiger partial charge is 0.427 e. The molecule has 0 bridgehead atoms. The Hall–Kier alpha value is -3.28. The molecule has 0 saturated heterocycles. The van der Waals surface area contributed by atoms with Gasteiger partial charge in [-0.2, -0.15) is 0 Å². The summed E-state index contributed by atoms with van der Waals surface area (Å²) < 4.78 is 6.11. The van der Waals surface area contributed by atoms with Crippen molar-refractivity contribution < 1.29 is 9.21 Å². The molecule has 0 unspecified atom stereocenters. The maximum atomic E-state index is 12.8. The lowest BCUT2D eigenvalue weighted by molar-refractivity contribution is 0.0958. The van der Waals surface area contributed by atoms with Crippen LogP contribution in [-0.4, -0.2) is 15.5 Å². The lowest BCUT2D eigenvalue weighted by Gasteiger charge is -2.03. The van der Waals surface area contributed by atoms with E-state index in [-0.39, 0.29) is 0 Å². The Balaban J connectivity index is 2.01. The maximum Gasteiger partial charge on any atom is 0.427 e. The van der Waals surface area contributed by atoms with E-state index >= 15 is 0 Å². The second-order valence-electron chi connectivity index (χ2n) is 4.98. The number of nitrogens with zero attached hydrogens (tertiary/aromatic N) is 1. The number of carbonyl (C=O) groups is 1. The summed E-state index contributed by atoms with van der Waals surface area (Å²) >= 11 is 0. The van der Waals surface area contributed by atoms with Gasteiger partial charge < -0.3 is 15.1 Å². The minimum atomic E-state index is -0.728. The van der Waals surface area contributed by atoms with Crippen LogP contribution in [0.4, 0.5) is 5.69 Å². The topological polar surface area (TPSA) is 94.0 Å². The van der Waals surface area contributed by atoms with Gasteiger partial charge in [-0.05, 0) is 30.3 Å². The SMILES string of the molecule is Nc1ccc2oc(=O)n(C(=O)c3cccc4cc[nH]c34)c2c1. The van der Waals surface area contributed by atoms with Crippen LogP contribution in [0, 0.1) is 0 Å². The van der Waals surface area contributed by atoms with Crippen molar-refractivity contribution in [2.24, 2.45) is 0 Å². The number of fused-ring (bicyclic) bond motifs is 2. The van der Waals surface area contributed by atoms with Crippen molar-refractivity contribution in [1.29, 1.82) is 0 Å². The molecular formula is C16H11N3O3. The molecule has 0 saturated carbocycles. The van der Waals surface area contributed by atoms with E-state index in [2.05, 4.69) is 4.98 Å². The molecular weight excluding hydrogens is 282 g/mol. The summed E-state index contributed by atoms with van der Waals surface area (Å²) in [4.78, 5) is 27.9. The molecule has 0 aliphatic heterocycles. The smallest absolute Gasteiger partial charge is 0.407 e. The van der Waals surface area contributed by atoms with Crippen LogP contribution in [0.1, 0.15) is 10.4 Å². The van der Waals surface area contributed by atoms with Crippen LogP contribution in [0.2, 0.25) is 0 Å². The number of aromatic amines is 1. The van der Waals surface area contributed by atoms with Crippen LogP contribution in [-0.2, 0) is 0 Å². The molecule has 4 aromatic rings. The Morgan fingerprint density at radius 3 is 2.91 bits per heavy atom. The third-order valence-corrected chi connectivity index (χ3v) is 3.62. The second kappa shape index (κ2) is 4.36. The molecule has 108 valence electrons. The number of oxazole rings is 1. The van der Waals surface area contributed by atoms with Gasteiger partial charge in [0.1, 0.15) is 5.52 Å².